The Morgan fingerprint density at radius 1 is 1.52 bits per heavy atom. The maximum atomic E-state index is 11.8. The molecule has 1 aromatic carbocycles. The smallest absolute Gasteiger partial charge is 0.332 e. The Kier molecular flexibility index (Phi) is 4.39. The molecule has 0 aliphatic carbocycles. The summed E-state index contributed by atoms with van der Waals surface area (Å²) >= 11 is 0. The highest BCUT2D eigenvalue weighted by atomic mass is 16.5. The van der Waals surface area contributed by atoms with Gasteiger partial charge in [0.05, 0.1) is 12.3 Å². The lowest BCUT2D eigenvalue weighted by Crippen LogP contribution is -2.43. The van der Waals surface area contributed by atoms with E-state index in [1.807, 2.05) is 0 Å². The monoisotopic (exact) mass is 293 g/mol. The lowest BCUT2D eigenvalue weighted by molar-refractivity contribution is -0.147. The molecule has 8 nitrogen and oxygen atoms in total. The molecular formula is C13H15N3O5. The Bertz CT molecular complexity index is 587. The van der Waals surface area contributed by atoms with E-state index in [0.29, 0.717) is 17.1 Å². The van der Waals surface area contributed by atoms with Crippen LogP contribution in [0, 0.1) is 0 Å². The summed E-state index contributed by atoms with van der Waals surface area (Å²) in [7, 11) is 0. The van der Waals surface area contributed by atoms with Gasteiger partial charge in [0.15, 0.2) is 12.6 Å². The number of ether oxygens (including phenoxy) is 2. The van der Waals surface area contributed by atoms with E-state index < -0.39 is 17.9 Å². The Balaban J connectivity index is 2.06. The van der Waals surface area contributed by atoms with E-state index in [9.17, 15) is 14.4 Å². The van der Waals surface area contributed by atoms with Crippen molar-refractivity contribution in [2.75, 3.05) is 23.8 Å². The van der Waals surface area contributed by atoms with Crippen LogP contribution in [0.2, 0.25) is 0 Å². The van der Waals surface area contributed by atoms with E-state index >= 15 is 0 Å². The predicted molar refractivity (Wildman–Crippen MR) is 73.8 cm³/mol. The summed E-state index contributed by atoms with van der Waals surface area (Å²) < 4.78 is 9.86. The number of fused-ring (bicyclic) bond motifs is 1. The third-order valence-corrected chi connectivity index (χ3v) is 2.70. The first-order valence-electron chi connectivity index (χ1n) is 6.31. The highest BCUT2D eigenvalue weighted by Gasteiger charge is 2.24. The second-order valence-corrected chi connectivity index (χ2v) is 4.27. The molecule has 1 heterocycles. The fourth-order valence-electron chi connectivity index (χ4n) is 1.72. The Labute approximate surface area is 120 Å². The molecular weight excluding hydrogens is 278 g/mol. The molecule has 1 atom stereocenters. The first kappa shape index (κ1) is 14.8. The zero-order valence-electron chi connectivity index (χ0n) is 11.3. The van der Waals surface area contributed by atoms with Gasteiger partial charge in [-0.25, -0.2) is 4.79 Å². The summed E-state index contributed by atoms with van der Waals surface area (Å²) in [5.74, 6) is -1.28. The molecule has 0 saturated carbocycles. The normalized spacial score (nSPS) is 14.3. The summed E-state index contributed by atoms with van der Waals surface area (Å²) in [4.78, 5) is 34.4. The topological polar surface area (TPSA) is 120 Å². The number of benzene rings is 1. The highest BCUT2D eigenvalue weighted by Crippen LogP contribution is 2.30. The van der Waals surface area contributed by atoms with Crippen molar-refractivity contribution in [2.24, 2.45) is 5.73 Å². The minimum atomic E-state index is -1.41. The molecule has 21 heavy (non-hydrogen) atoms. The average molecular weight is 293 g/mol. The molecule has 8 heteroatoms. The second-order valence-electron chi connectivity index (χ2n) is 4.27. The number of anilines is 2. The van der Waals surface area contributed by atoms with E-state index in [0.717, 1.165) is 0 Å². The Morgan fingerprint density at radius 3 is 3.00 bits per heavy atom. The van der Waals surface area contributed by atoms with E-state index in [2.05, 4.69) is 15.4 Å². The molecule has 112 valence electrons. The summed E-state index contributed by atoms with van der Waals surface area (Å²) in [5, 5.41) is 5.08. The fourth-order valence-corrected chi connectivity index (χ4v) is 1.72. The highest BCUT2D eigenvalue weighted by molar-refractivity contribution is 6.08. The molecule has 0 radical (unpaired) electrons. The number of amides is 2. The molecule has 0 saturated heterocycles. The van der Waals surface area contributed by atoms with Gasteiger partial charge in [-0.2, -0.15) is 0 Å². The number of nitrogens with two attached hydrogens (primary N) is 1. The number of hydrogen-bond acceptors (Lipinski definition) is 6. The van der Waals surface area contributed by atoms with Crippen molar-refractivity contribution >= 4 is 29.2 Å². The minimum Gasteiger partial charge on any atom is -0.482 e. The molecule has 2 rings (SSSR count). The van der Waals surface area contributed by atoms with Crippen molar-refractivity contribution in [3.8, 4) is 5.75 Å². The van der Waals surface area contributed by atoms with Crippen LogP contribution in [0.3, 0.4) is 0 Å². The minimum absolute atomic E-state index is 0.0492. The van der Waals surface area contributed by atoms with Crippen LogP contribution >= 0.6 is 0 Å². The molecule has 0 spiro atoms. The summed E-state index contributed by atoms with van der Waals surface area (Å²) in [5.41, 5.74) is 6.29. The van der Waals surface area contributed by atoms with Crippen molar-refractivity contribution in [1.82, 2.24) is 0 Å². The van der Waals surface area contributed by atoms with Gasteiger partial charge in [-0.1, -0.05) is 0 Å². The third-order valence-electron chi connectivity index (χ3n) is 2.70. The van der Waals surface area contributed by atoms with Gasteiger partial charge in [0.25, 0.3) is 11.8 Å². The zero-order chi connectivity index (χ0) is 15.4. The largest absolute Gasteiger partial charge is 0.482 e. The maximum Gasteiger partial charge on any atom is 0.332 e. The summed E-state index contributed by atoms with van der Waals surface area (Å²) in [6.07, 6.45) is 0. The van der Waals surface area contributed by atoms with Crippen molar-refractivity contribution in [3.63, 3.8) is 0 Å². The van der Waals surface area contributed by atoms with Crippen LogP contribution in [0.1, 0.15) is 6.92 Å². The first-order chi connectivity index (χ1) is 10.0. The molecule has 0 aromatic heterocycles. The molecule has 0 fully saturated rings. The molecule has 1 aliphatic rings. The predicted octanol–water partition coefficient (Wildman–Crippen LogP) is -0.154. The van der Waals surface area contributed by atoms with E-state index in [1.54, 1.807) is 19.1 Å². The molecule has 0 bridgehead atoms. The third kappa shape index (κ3) is 3.48. The second kappa shape index (κ2) is 6.23. The average Bonchev–Trinajstić information content (AvgIpc) is 2.46. The molecule has 2 amide bonds. The van der Waals surface area contributed by atoms with Crippen molar-refractivity contribution in [1.29, 1.82) is 0 Å². The SMILES string of the molecule is CCOC(=O)C(N)C(=O)Nc1ccc2c(c1)NC(=O)CO2. The van der Waals surface area contributed by atoms with Crippen molar-refractivity contribution in [2.45, 2.75) is 13.0 Å². The Hall–Kier alpha value is -2.61. The number of carbonyl (C=O) groups excluding carboxylic acids is 3. The van der Waals surface area contributed by atoms with Gasteiger partial charge in [0.1, 0.15) is 5.75 Å². The lowest BCUT2D eigenvalue weighted by Gasteiger charge is -2.19. The van der Waals surface area contributed by atoms with E-state index in [-0.39, 0.29) is 19.1 Å². The number of rotatable bonds is 4. The van der Waals surface area contributed by atoms with Crippen LogP contribution in [-0.2, 0) is 19.1 Å². The lowest BCUT2D eigenvalue weighted by atomic mass is 10.2. The zero-order valence-corrected chi connectivity index (χ0v) is 11.3. The molecule has 1 aliphatic heterocycles. The van der Waals surface area contributed by atoms with Gasteiger partial charge in [-0.05, 0) is 25.1 Å². The fraction of sp³-hybridized carbons (Fsp3) is 0.308. The molecule has 4 N–H and O–H groups in total. The van der Waals surface area contributed by atoms with Crippen LogP contribution in [-0.4, -0.2) is 37.0 Å². The van der Waals surface area contributed by atoms with Crippen LogP contribution in [0.25, 0.3) is 0 Å². The van der Waals surface area contributed by atoms with Crippen molar-refractivity contribution in [3.05, 3.63) is 18.2 Å². The first-order valence-corrected chi connectivity index (χ1v) is 6.31. The Morgan fingerprint density at radius 2 is 2.29 bits per heavy atom. The number of esters is 1. The van der Waals surface area contributed by atoms with Crippen LogP contribution in [0.15, 0.2) is 18.2 Å². The summed E-state index contributed by atoms with van der Waals surface area (Å²) in [6, 6.07) is 3.28. The van der Waals surface area contributed by atoms with Gasteiger partial charge in [0.2, 0.25) is 0 Å². The summed E-state index contributed by atoms with van der Waals surface area (Å²) in [6.45, 7) is 1.71. The van der Waals surface area contributed by atoms with Crippen molar-refractivity contribution < 1.29 is 23.9 Å². The van der Waals surface area contributed by atoms with Gasteiger partial charge in [0, 0.05) is 5.69 Å². The van der Waals surface area contributed by atoms with Crippen LogP contribution in [0.5, 0.6) is 5.75 Å². The van der Waals surface area contributed by atoms with Gasteiger partial charge in [-0.15, -0.1) is 0 Å². The van der Waals surface area contributed by atoms with Crippen LogP contribution < -0.4 is 21.1 Å². The quantitative estimate of drug-likeness (QED) is 0.524. The van der Waals surface area contributed by atoms with Gasteiger partial charge >= 0.3 is 5.97 Å². The standard InChI is InChI=1S/C13H15N3O5/c1-2-20-13(19)11(14)12(18)15-7-3-4-9-8(5-7)16-10(17)6-21-9/h3-5,11H,2,6,14H2,1H3,(H,15,18)(H,16,17). The van der Waals surface area contributed by atoms with Gasteiger partial charge < -0.3 is 25.8 Å². The number of hydrogen-bond donors (Lipinski definition) is 3. The number of nitrogens with one attached hydrogen (secondary N) is 2. The van der Waals surface area contributed by atoms with E-state index in [4.69, 9.17) is 10.5 Å². The number of carbonyl (C=O) groups is 3. The molecule has 1 unspecified atom stereocenters. The maximum absolute atomic E-state index is 11.8. The van der Waals surface area contributed by atoms with Crippen LogP contribution in [0.4, 0.5) is 11.4 Å². The van der Waals surface area contributed by atoms with Gasteiger partial charge in [-0.3, -0.25) is 9.59 Å². The molecule has 1 aromatic rings. The van der Waals surface area contributed by atoms with E-state index in [1.165, 1.54) is 6.07 Å².